The van der Waals surface area contributed by atoms with Crippen LogP contribution in [-0.4, -0.2) is 37.0 Å². The van der Waals surface area contributed by atoms with Gasteiger partial charge in [-0.2, -0.15) is 5.10 Å². The van der Waals surface area contributed by atoms with Crippen LogP contribution in [0.3, 0.4) is 0 Å². The van der Waals surface area contributed by atoms with Crippen LogP contribution in [0.1, 0.15) is 32.1 Å². The quantitative estimate of drug-likeness (QED) is 0.875. The van der Waals surface area contributed by atoms with E-state index in [2.05, 4.69) is 20.4 Å². The number of aromatic nitrogens is 4. The molecule has 102 valence electrons. The maximum absolute atomic E-state index is 10.5. The van der Waals surface area contributed by atoms with Gasteiger partial charge in [0.2, 0.25) is 0 Å². The van der Waals surface area contributed by atoms with E-state index < -0.39 is 5.60 Å². The highest BCUT2D eigenvalue weighted by molar-refractivity contribution is 5.85. The molecule has 2 N–H and O–H groups in total. The van der Waals surface area contributed by atoms with Crippen LogP contribution in [0.5, 0.6) is 0 Å². The van der Waals surface area contributed by atoms with Gasteiger partial charge in [0, 0.05) is 19.8 Å². The monoisotopic (exact) mass is 261 g/mol. The summed E-state index contributed by atoms with van der Waals surface area (Å²) < 4.78 is 1.72. The predicted octanol–water partition coefficient (Wildman–Crippen LogP) is 1.47. The molecule has 2 heterocycles. The Kier molecular flexibility index (Phi) is 3.10. The fraction of sp³-hybridized carbons (Fsp3) is 0.615. The van der Waals surface area contributed by atoms with Crippen LogP contribution in [0.15, 0.2) is 12.5 Å². The summed E-state index contributed by atoms with van der Waals surface area (Å²) in [5, 5.41) is 18.9. The van der Waals surface area contributed by atoms with E-state index in [4.69, 9.17) is 0 Å². The first-order chi connectivity index (χ1) is 9.16. The van der Waals surface area contributed by atoms with E-state index in [-0.39, 0.29) is 0 Å². The van der Waals surface area contributed by atoms with Gasteiger partial charge in [0.25, 0.3) is 0 Å². The van der Waals surface area contributed by atoms with Crippen molar-refractivity contribution in [2.24, 2.45) is 7.05 Å². The molecule has 6 heteroatoms. The van der Waals surface area contributed by atoms with Gasteiger partial charge in [0.05, 0.1) is 11.0 Å². The van der Waals surface area contributed by atoms with Crippen LogP contribution in [0, 0.1) is 0 Å². The van der Waals surface area contributed by atoms with Gasteiger partial charge in [-0.1, -0.05) is 19.3 Å². The summed E-state index contributed by atoms with van der Waals surface area (Å²) in [5.41, 5.74) is 0.0770. The van der Waals surface area contributed by atoms with Crippen molar-refractivity contribution in [1.29, 1.82) is 0 Å². The third kappa shape index (κ3) is 2.53. The molecule has 1 aliphatic rings. The summed E-state index contributed by atoms with van der Waals surface area (Å²) >= 11 is 0. The van der Waals surface area contributed by atoms with Crippen molar-refractivity contribution < 1.29 is 5.11 Å². The molecule has 0 unspecified atom stereocenters. The van der Waals surface area contributed by atoms with Gasteiger partial charge >= 0.3 is 0 Å². The lowest BCUT2D eigenvalue weighted by atomic mass is 9.85. The lowest BCUT2D eigenvalue weighted by Crippen LogP contribution is -2.38. The van der Waals surface area contributed by atoms with E-state index in [1.54, 1.807) is 4.68 Å². The van der Waals surface area contributed by atoms with Crippen LogP contribution < -0.4 is 5.32 Å². The van der Waals surface area contributed by atoms with Crippen molar-refractivity contribution in [3.63, 3.8) is 0 Å². The van der Waals surface area contributed by atoms with E-state index in [1.165, 1.54) is 12.7 Å². The average molecular weight is 261 g/mol. The number of fused-ring (bicyclic) bond motifs is 1. The highest BCUT2D eigenvalue weighted by atomic mass is 16.3. The van der Waals surface area contributed by atoms with E-state index in [9.17, 15) is 5.11 Å². The van der Waals surface area contributed by atoms with Crippen LogP contribution in [0.25, 0.3) is 11.0 Å². The molecular weight excluding hydrogens is 242 g/mol. The molecule has 0 bridgehead atoms. The molecule has 19 heavy (non-hydrogen) atoms. The van der Waals surface area contributed by atoms with Crippen LogP contribution in [0.2, 0.25) is 0 Å². The molecular formula is C13H19N5O. The fourth-order valence-electron chi connectivity index (χ4n) is 2.73. The largest absolute Gasteiger partial charge is 0.388 e. The number of nitrogens with one attached hydrogen (secondary N) is 1. The Balaban J connectivity index is 1.78. The van der Waals surface area contributed by atoms with Crippen LogP contribution >= 0.6 is 0 Å². The number of anilines is 1. The van der Waals surface area contributed by atoms with Crippen molar-refractivity contribution in [2.75, 3.05) is 11.9 Å². The van der Waals surface area contributed by atoms with Gasteiger partial charge in [0.15, 0.2) is 5.65 Å². The zero-order chi connectivity index (χ0) is 13.3. The van der Waals surface area contributed by atoms with Gasteiger partial charge in [-0.25, -0.2) is 9.97 Å². The van der Waals surface area contributed by atoms with Gasteiger partial charge in [-0.3, -0.25) is 4.68 Å². The second-order valence-corrected chi connectivity index (χ2v) is 5.40. The zero-order valence-corrected chi connectivity index (χ0v) is 11.1. The number of aryl methyl sites for hydroxylation is 1. The van der Waals surface area contributed by atoms with E-state index >= 15 is 0 Å². The Labute approximate surface area is 111 Å². The Morgan fingerprint density at radius 1 is 1.32 bits per heavy atom. The first kappa shape index (κ1) is 12.3. The number of hydrogen-bond donors (Lipinski definition) is 2. The van der Waals surface area contributed by atoms with Gasteiger partial charge in [-0.05, 0) is 12.8 Å². The third-order valence-electron chi connectivity index (χ3n) is 3.80. The first-order valence-electron chi connectivity index (χ1n) is 6.77. The molecule has 6 nitrogen and oxygen atoms in total. The molecule has 3 rings (SSSR count). The summed E-state index contributed by atoms with van der Waals surface area (Å²) in [6, 6.07) is 0. The van der Waals surface area contributed by atoms with Crippen molar-refractivity contribution in [3.8, 4) is 0 Å². The van der Waals surface area contributed by atoms with Gasteiger partial charge in [0.1, 0.15) is 12.1 Å². The fourth-order valence-corrected chi connectivity index (χ4v) is 2.73. The van der Waals surface area contributed by atoms with E-state index in [0.29, 0.717) is 12.2 Å². The molecule has 0 aromatic carbocycles. The number of aliphatic hydroxyl groups is 1. The summed E-state index contributed by atoms with van der Waals surface area (Å²) in [6.45, 7) is 0.536. The number of nitrogens with zero attached hydrogens (tertiary/aromatic N) is 4. The Morgan fingerprint density at radius 3 is 2.89 bits per heavy atom. The normalized spacial score (nSPS) is 18.6. The lowest BCUT2D eigenvalue weighted by Gasteiger charge is -2.32. The van der Waals surface area contributed by atoms with Crippen molar-refractivity contribution >= 4 is 16.9 Å². The smallest absolute Gasteiger partial charge is 0.186 e. The second-order valence-electron chi connectivity index (χ2n) is 5.40. The molecule has 0 spiro atoms. The molecule has 2 aromatic heterocycles. The minimum absolute atomic E-state index is 0.536. The molecule has 1 aliphatic carbocycles. The van der Waals surface area contributed by atoms with Crippen molar-refractivity contribution in [1.82, 2.24) is 19.7 Å². The van der Waals surface area contributed by atoms with E-state index in [1.807, 2.05) is 13.2 Å². The zero-order valence-electron chi connectivity index (χ0n) is 11.1. The first-order valence-corrected chi connectivity index (χ1v) is 6.77. The van der Waals surface area contributed by atoms with Gasteiger partial charge in [-0.15, -0.1) is 0 Å². The molecule has 0 amide bonds. The van der Waals surface area contributed by atoms with Crippen LogP contribution in [0.4, 0.5) is 5.82 Å². The van der Waals surface area contributed by atoms with Gasteiger partial charge < -0.3 is 10.4 Å². The summed E-state index contributed by atoms with van der Waals surface area (Å²) in [7, 11) is 1.86. The minimum atomic E-state index is -0.599. The maximum atomic E-state index is 10.5. The summed E-state index contributed by atoms with van der Waals surface area (Å²) in [4.78, 5) is 8.38. The molecule has 0 atom stereocenters. The average Bonchev–Trinajstić information content (AvgIpc) is 2.78. The molecule has 1 fully saturated rings. The van der Waals surface area contributed by atoms with E-state index in [0.717, 1.165) is 36.9 Å². The minimum Gasteiger partial charge on any atom is -0.388 e. The molecule has 0 saturated heterocycles. The molecule has 0 radical (unpaired) electrons. The van der Waals surface area contributed by atoms with Crippen molar-refractivity contribution in [3.05, 3.63) is 12.5 Å². The Bertz CT molecular complexity index is 573. The SMILES string of the molecule is Cn1cc2c(NCC3(O)CCCCC3)ncnc2n1. The molecule has 1 saturated carbocycles. The second kappa shape index (κ2) is 4.77. The highest BCUT2D eigenvalue weighted by Gasteiger charge is 2.29. The molecule has 0 aliphatic heterocycles. The van der Waals surface area contributed by atoms with Crippen molar-refractivity contribution in [2.45, 2.75) is 37.7 Å². The Hall–Kier alpha value is -1.69. The standard InChI is InChI=1S/C13H19N5O/c1-18-7-10-11(15-9-16-12(10)17-18)14-8-13(19)5-3-2-4-6-13/h7,9,19H,2-6,8H2,1H3,(H,14,15,16,17). The predicted molar refractivity (Wildman–Crippen MR) is 72.8 cm³/mol. The topological polar surface area (TPSA) is 75.9 Å². The Morgan fingerprint density at radius 2 is 2.11 bits per heavy atom. The van der Waals surface area contributed by atoms with Crippen LogP contribution in [-0.2, 0) is 7.05 Å². The maximum Gasteiger partial charge on any atom is 0.186 e. The number of hydrogen-bond acceptors (Lipinski definition) is 5. The summed E-state index contributed by atoms with van der Waals surface area (Å²) in [5.74, 6) is 0.747. The highest BCUT2D eigenvalue weighted by Crippen LogP contribution is 2.28. The summed E-state index contributed by atoms with van der Waals surface area (Å²) in [6.07, 6.45) is 8.55. The number of rotatable bonds is 3. The molecule has 2 aromatic rings. The lowest BCUT2D eigenvalue weighted by molar-refractivity contribution is 0.0167. The third-order valence-corrected chi connectivity index (χ3v) is 3.80.